The molecule has 118 valence electrons. The van der Waals surface area contributed by atoms with Crippen molar-refractivity contribution in [2.24, 2.45) is 0 Å². The third kappa shape index (κ3) is 3.57. The van der Waals surface area contributed by atoms with Crippen LogP contribution >= 0.6 is 0 Å². The van der Waals surface area contributed by atoms with Crippen LogP contribution in [0, 0.1) is 0 Å². The van der Waals surface area contributed by atoms with E-state index in [1.54, 1.807) is 24.7 Å². The fourth-order valence-electron chi connectivity index (χ4n) is 2.45. The minimum absolute atomic E-state index is 0.257. The quantitative estimate of drug-likeness (QED) is 0.611. The minimum Gasteiger partial charge on any atom is -0.508 e. The lowest BCUT2D eigenvalue weighted by atomic mass is 9.99. The molecule has 0 bridgehead atoms. The number of hydrogen-bond donors (Lipinski definition) is 1. The molecule has 23 heavy (non-hydrogen) atoms. The number of ether oxygens (including phenoxy) is 1. The van der Waals surface area contributed by atoms with Crippen molar-refractivity contribution in [1.29, 1.82) is 0 Å². The van der Waals surface area contributed by atoms with Crippen LogP contribution in [0.1, 0.15) is 19.8 Å². The van der Waals surface area contributed by atoms with E-state index >= 15 is 0 Å². The molecule has 1 N–H and O–H groups in total. The Morgan fingerprint density at radius 2 is 1.43 bits per heavy atom. The fourth-order valence-corrected chi connectivity index (χ4v) is 2.45. The maximum atomic E-state index is 9.42. The van der Waals surface area contributed by atoms with Gasteiger partial charge in [0, 0.05) is 11.1 Å². The number of phenols is 1. The molecule has 0 aliphatic carbocycles. The van der Waals surface area contributed by atoms with Crippen molar-refractivity contribution in [2.45, 2.75) is 19.8 Å². The Kier molecular flexibility index (Phi) is 4.67. The highest BCUT2D eigenvalue weighted by atomic mass is 16.5. The van der Waals surface area contributed by atoms with Crippen molar-refractivity contribution in [1.82, 2.24) is 0 Å². The van der Waals surface area contributed by atoms with Crippen molar-refractivity contribution in [3.63, 3.8) is 0 Å². The molecule has 0 unspecified atom stereocenters. The molecule has 3 rings (SSSR count). The van der Waals surface area contributed by atoms with Crippen LogP contribution in [0.2, 0.25) is 0 Å². The van der Waals surface area contributed by atoms with Gasteiger partial charge < -0.3 is 14.3 Å². The summed E-state index contributed by atoms with van der Waals surface area (Å²) < 4.78 is 11.1. The van der Waals surface area contributed by atoms with E-state index in [0.29, 0.717) is 0 Å². The lowest BCUT2D eigenvalue weighted by Gasteiger charge is -2.07. The summed E-state index contributed by atoms with van der Waals surface area (Å²) >= 11 is 0. The van der Waals surface area contributed by atoms with Gasteiger partial charge in [-0.3, -0.25) is 0 Å². The zero-order chi connectivity index (χ0) is 16.1. The second-order valence-electron chi connectivity index (χ2n) is 5.47. The van der Waals surface area contributed by atoms with Gasteiger partial charge in [-0.05, 0) is 41.8 Å². The number of phenolic OH excluding ortho intramolecular Hbond substituents is 1. The Balaban J connectivity index is 1.82. The maximum Gasteiger partial charge on any atom is 0.119 e. The van der Waals surface area contributed by atoms with Gasteiger partial charge in [-0.25, -0.2) is 0 Å². The third-order valence-electron chi connectivity index (χ3n) is 3.77. The van der Waals surface area contributed by atoms with Gasteiger partial charge in [0.25, 0.3) is 0 Å². The maximum absolute atomic E-state index is 9.42. The van der Waals surface area contributed by atoms with Crippen molar-refractivity contribution >= 4 is 0 Å². The number of benzene rings is 2. The highest BCUT2D eigenvalue weighted by Crippen LogP contribution is 2.34. The van der Waals surface area contributed by atoms with E-state index in [0.717, 1.165) is 47.5 Å². The van der Waals surface area contributed by atoms with Gasteiger partial charge in [-0.1, -0.05) is 37.6 Å². The summed E-state index contributed by atoms with van der Waals surface area (Å²) in [5.74, 6) is 1.14. The molecule has 1 heterocycles. The molecule has 0 amide bonds. The number of furan rings is 1. The van der Waals surface area contributed by atoms with Crippen molar-refractivity contribution in [3.8, 4) is 33.8 Å². The van der Waals surface area contributed by atoms with E-state index in [1.165, 1.54) is 0 Å². The molecule has 0 aliphatic heterocycles. The van der Waals surface area contributed by atoms with E-state index in [9.17, 15) is 5.11 Å². The molecule has 0 fully saturated rings. The minimum atomic E-state index is 0.257. The smallest absolute Gasteiger partial charge is 0.119 e. The Morgan fingerprint density at radius 1 is 0.870 bits per heavy atom. The van der Waals surface area contributed by atoms with E-state index in [2.05, 4.69) is 6.92 Å². The van der Waals surface area contributed by atoms with Crippen LogP contribution < -0.4 is 4.74 Å². The number of aromatic hydroxyl groups is 1. The highest BCUT2D eigenvalue weighted by Gasteiger charge is 2.10. The van der Waals surface area contributed by atoms with E-state index in [-0.39, 0.29) is 5.75 Å². The summed E-state index contributed by atoms with van der Waals surface area (Å²) in [6.45, 7) is 2.90. The lowest BCUT2D eigenvalue weighted by molar-refractivity contribution is 0.309. The lowest BCUT2D eigenvalue weighted by Crippen LogP contribution is -1.95. The highest BCUT2D eigenvalue weighted by molar-refractivity contribution is 5.82. The fraction of sp³-hybridized carbons (Fsp3) is 0.200. The molecule has 0 spiro atoms. The van der Waals surface area contributed by atoms with Crippen LogP contribution in [0.25, 0.3) is 22.3 Å². The zero-order valence-corrected chi connectivity index (χ0v) is 13.2. The van der Waals surface area contributed by atoms with E-state index in [4.69, 9.17) is 9.15 Å². The molecule has 3 nitrogen and oxygen atoms in total. The molecule has 0 saturated heterocycles. The Hall–Kier alpha value is -2.68. The summed E-state index contributed by atoms with van der Waals surface area (Å²) in [5.41, 5.74) is 4.11. The van der Waals surface area contributed by atoms with Crippen LogP contribution in [0.3, 0.4) is 0 Å². The third-order valence-corrected chi connectivity index (χ3v) is 3.77. The Labute approximate surface area is 136 Å². The van der Waals surface area contributed by atoms with Gasteiger partial charge in [0.2, 0.25) is 0 Å². The van der Waals surface area contributed by atoms with Crippen LogP contribution in [0.15, 0.2) is 65.5 Å². The topological polar surface area (TPSA) is 42.6 Å². The summed E-state index contributed by atoms with van der Waals surface area (Å²) in [6, 6.07) is 15.2. The molecule has 3 aromatic rings. The Bertz CT molecular complexity index is 739. The number of rotatable bonds is 6. The molecule has 2 aromatic carbocycles. The second kappa shape index (κ2) is 7.05. The van der Waals surface area contributed by atoms with E-state index < -0.39 is 0 Å². The molecule has 0 aliphatic rings. The molecule has 1 aromatic heterocycles. The monoisotopic (exact) mass is 308 g/mol. The van der Waals surface area contributed by atoms with Crippen molar-refractivity contribution in [3.05, 3.63) is 61.1 Å². The van der Waals surface area contributed by atoms with Crippen LogP contribution in [0.5, 0.6) is 11.5 Å². The number of unbranched alkanes of at least 4 members (excludes halogenated alkanes) is 1. The van der Waals surface area contributed by atoms with Gasteiger partial charge in [0.05, 0.1) is 19.1 Å². The standard InChI is InChI=1S/C20H20O3/c1-2-3-12-23-18-10-6-16(7-11-18)20-14-22-13-19(20)15-4-8-17(21)9-5-15/h4-11,13-14,21H,2-3,12H2,1H3. The van der Waals surface area contributed by atoms with Crippen LogP contribution in [-0.4, -0.2) is 11.7 Å². The first-order valence-electron chi connectivity index (χ1n) is 7.87. The first-order chi connectivity index (χ1) is 11.3. The van der Waals surface area contributed by atoms with Crippen molar-refractivity contribution in [2.75, 3.05) is 6.61 Å². The predicted molar refractivity (Wildman–Crippen MR) is 91.6 cm³/mol. The summed E-state index contributed by atoms with van der Waals surface area (Å²) in [7, 11) is 0. The largest absolute Gasteiger partial charge is 0.508 e. The SMILES string of the molecule is CCCCOc1ccc(-c2cocc2-c2ccc(O)cc2)cc1. The Morgan fingerprint density at radius 3 is 2.00 bits per heavy atom. The molecular formula is C20H20O3. The van der Waals surface area contributed by atoms with Gasteiger partial charge >= 0.3 is 0 Å². The van der Waals surface area contributed by atoms with E-state index in [1.807, 2.05) is 36.4 Å². The predicted octanol–water partition coefficient (Wildman–Crippen LogP) is 5.50. The molecule has 0 atom stereocenters. The number of hydrogen-bond acceptors (Lipinski definition) is 3. The molecule has 0 saturated carbocycles. The first kappa shape index (κ1) is 15.2. The molecule has 3 heteroatoms. The summed E-state index contributed by atoms with van der Waals surface area (Å²) in [5, 5.41) is 9.42. The normalized spacial score (nSPS) is 10.7. The van der Waals surface area contributed by atoms with Crippen molar-refractivity contribution < 1.29 is 14.3 Å². The van der Waals surface area contributed by atoms with Gasteiger partial charge in [-0.15, -0.1) is 0 Å². The van der Waals surface area contributed by atoms with Crippen LogP contribution in [-0.2, 0) is 0 Å². The average Bonchev–Trinajstić information content (AvgIpc) is 3.06. The molecule has 0 radical (unpaired) electrons. The summed E-state index contributed by atoms with van der Waals surface area (Å²) in [4.78, 5) is 0. The average molecular weight is 308 g/mol. The summed E-state index contributed by atoms with van der Waals surface area (Å²) in [6.07, 6.45) is 5.67. The second-order valence-corrected chi connectivity index (χ2v) is 5.47. The molecular weight excluding hydrogens is 288 g/mol. The van der Waals surface area contributed by atoms with Gasteiger partial charge in [-0.2, -0.15) is 0 Å². The van der Waals surface area contributed by atoms with Crippen LogP contribution in [0.4, 0.5) is 0 Å². The van der Waals surface area contributed by atoms with Gasteiger partial charge in [0.15, 0.2) is 0 Å². The zero-order valence-electron chi connectivity index (χ0n) is 13.2. The first-order valence-corrected chi connectivity index (χ1v) is 7.87. The van der Waals surface area contributed by atoms with Gasteiger partial charge in [0.1, 0.15) is 11.5 Å².